The van der Waals surface area contributed by atoms with Gasteiger partial charge in [-0.3, -0.25) is 4.79 Å². The van der Waals surface area contributed by atoms with Crippen LogP contribution in [0.1, 0.15) is 80.1 Å². The van der Waals surface area contributed by atoms with Gasteiger partial charge < -0.3 is 9.47 Å². The minimum absolute atomic E-state index is 0.136. The molecule has 0 unspecified atom stereocenters. The maximum Gasteiger partial charge on any atom is 0.416 e. The van der Waals surface area contributed by atoms with Crippen molar-refractivity contribution in [3.63, 3.8) is 0 Å². The van der Waals surface area contributed by atoms with Crippen LogP contribution in [-0.2, 0) is 19.1 Å². The van der Waals surface area contributed by atoms with Crippen molar-refractivity contribution in [3.8, 4) is 0 Å². The lowest BCUT2D eigenvalue weighted by Gasteiger charge is -2.32. The molecule has 1 aliphatic rings. The summed E-state index contributed by atoms with van der Waals surface area (Å²) in [5.41, 5.74) is -0.216. The molecule has 29 heavy (non-hydrogen) atoms. The van der Waals surface area contributed by atoms with Gasteiger partial charge in [0.05, 0.1) is 12.6 Å². The fraction of sp³-hybridized carbons (Fsp3) is 0.783. The fourth-order valence-corrected chi connectivity index (χ4v) is 3.73. The molecule has 0 saturated carbocycles. The third-order valence-electron chi connectivity index (χ3n) is 5.39. The predicted octanol–water partition coefficient (Wildman–Crippen LogP) is 5.11. The minimum Gasteiger partial charge on any atom is -0.463 e. The normalized spacial score (nSPS) is 19.3. The van der Waals surface area contributed by atoms with Gasteiger partial charge in [-0.25, -0.2) is 14.5 Å². The average Bonchev–Trinajstić information content (AvgIpc) is 3.02. The van der Waals surface area contributed by atoms with E-state index in [0.717, 1.165) is 32.1 Å². The Morgan fingerprint density at radius 3 is 2.59 bits per heavy atom. The number of imide groups is 1. The van der Waals surface area contributed by atoms with E-state index in [4.69, 9.17) is 9.47 Å². The number of carbonyl (C=O) groups excluding carboxylic acids is 3. The molecule has 166 valence electrons. The van der Waals surface area contributed by atoms with Crippen molar-refractivity contribution >= 4 is 18.0 Å². The molecule has 3 atom stereocenters. The number of carbonyl (C=O) groups is 3. The predicted molar refractivity (Wildman–Crippen MR) is 113 cm³/mol. The van der Waals surface area contributed by atoms with Crippen LogP contribution in [0.4, 0.5) is 4.79 Å². The molecule has 0 aromatic carbocycles. The summed E-state index contributed by atoms with van der Waals surface area (Å²) in [5.74, 6) is 0.0858. The summed E-state index contributed by atoms with van der Waals surface area (Å²) in [5, 5.41) is 0. The molecule has 1 heterocycles. The smallest absolute Gasteiger partial charge is 0.416 e. The molecule has 0 radical (unpaired) electrons. The van der Waals surface area contributed by atoms with Gasteiger partial charge in [0.2, 0.25) is 5.91 Å². The Bertz CT molecular complexity index is 578. The van der Waals surface area contributed by atoms with E-state index in [0.29, 0.717) is 18.9 Å². The van der Waals surface area contributed by atoms with Crippen LogP contribution in [-0.4, -0.2) is 42.1 Å². The van der Waals surface area contributed by atoms with E-state index in [1.54, 1.807) is 6.92 Å². The topological polar surface area (TPSA) is 72.9 Å². The summed E-state index contributed by atoms with van der Waals surface area (Å²) in [6, 6.07) is -0.223. The highest BCUT2D eigenvalue weighted by molar-refractivity contribution is 5.93. The Hall–Kier alpha value is -1.85. The summed E-state index contributed by atoms with van der Waals surface area (Å²) in [4.78, 5) is 37.9. The molecule has 0 aromatic heterocycles. The number of cyclic esters (lactones) is 1. The maximum atomic E-state index is 13.0. The molecule has 0 aromatic rings. The van der Waals surface area contributed by atoms with Gasteiger partial charge in [0.1, 0.15) is 6.61 Å². The van der Waals surface area contributed by atoms with Crippen LogP contribution in [0.3, 0.4) is 0 Å². The van der Waals surface area contributed by atoms with Crippen LogP contribution in [0.25, 0.3) is 0 Å². The molecule has 0 aliphatic carbocycles. The molecule has 0 bridgehead atoms. The van der Waals surface area contributed by atoms with Gasteiger partial charge in [-0.1, -0.05) is 53.5 Å². The van der Waals surface area contributed by atoms with Crippen molar-refractivity contribution in [2.45, 2.75) is 86.1 Å². The number of hydrogen-bond donors (Lipinski definition) is 0. The summed E-state index contributed by atoms with van der Waals surface area (Å²) in [7, 11) is 0. The zero-order chi connectivity index (χ0) is 22.0. The second-order valence-corrected chi connectivity index (χ2v) is 9.17. The Morgan fingerprint density at radius 2 is 2.00 bits per heavy atom. The Morgan fingerprint density at radius 1 is 1.31 bits per heavy atom. The summed E-state index contributed by atoms with van der Waals surface area (Å²) in [6.45, 7) is 12.7. The van der Waals surface area contributed by atoms with Crippen molar-refractivity contribution < 1.29 is 23.9 Å². The first-order valence-electron chi connectivity index (χ1n) is 10.9. The third kappa shape index (κ3) is 8.58. The van der Waals surface area contributed by atoms with E-state index in [1.165, 1.54) is 11.0 Å². The lowest BCUT2D eigenvalue weighted by molar-refractivity contribution is -0.137. The van der Waals surface area contributed by atoms with Gasteiger partial charge in [0.25, 0.3) is 0 Å². The minimum atomic E-state index is -0.519. The number of ether oxygens (including phenoxy) is 2. The summed E-state index contributed by atoms with van der Waals surface area (Å²) in [6.07, 6.45) is 7.86. The van der Waals surface area contributed by atoms with E-state index in [1.807, 2.05) is 26.8 Å². The zero-order valence-electron chi connectivity index (χ0n) is 19.0. The second-order valence-electron chi connectivity index (χ2n) is 9.17. The van der Waals surface area contributed by atoms with Crippen LogP contribution in [0, 0.1) is 17.3 Å². The number of amides is 2. The van der Waals surface area contributed by atoms with Gasteiger partial charge in [0.15, 0.2) is 0 Å². The number of esters is 1. The number of allylic oxidation sites excluding steroid dienone is 1. The standard InChI is InChI=1S/C23H39NO5/c1-7-9-12-18(14-17(3)11-10-13-21(26)28-8-2)15-20(25)24-19(23(4,5)6)16-29-22(24)27/h10,13,17-19H,7-9,11-12,14-16H2,1-6H3/b13-10+/t17-,18-,19-/m1/s1. The van der Waals surface area contributed by atoms with E-state index in [2.05, 4.69) is 13.8 Å². The first kappa shape index (κ1) is 25.2. The number of hydrogen-bond acceptors (Lipinski definition) is 5. The third-order valence-corrected chi connectivity index (χ3v) is 5.39. The van der Waals surface area contributed by atoms with Gasteiger partial charge >= 0.3 is 12.1 Å². The SMILES string of the molecule is CCCC[C@@H](CC(=O)N1C(=O)OC[C@@H]1C(C)(C)C)C[C@H](C)C/C=C/C(=O)OCC. The van der Waals surface area contributed by atoms with Gasteiger partial charge in [-0.05, 0) is 43.4 Å². The molecule has 6 heteroatoms. The molecule has 1 fully saturated rings. The molecule has 2 amide bonds. The lowest BCUT2D eigenvalue weighted by Crippen LogP contribution is -2.46. The van der Waals surface area contributed by atoms with Crippen LogP contribution in [0.5, 0.6) is 0 Å². The molecule has 1 rings (SSSR count). The van der Waals surface area contributed by atoms with Gasteiger partial charge in [-0.15, -0.1) is 0 Å². The van der Waals surface area contributed by atoms with E-state index in [-0.39, 0.29) is 35.9 Å². The number of unbranched alkanes of at least 4 members (excludes halogenated alkanes) is 1. The zero-order valence-corrected chi connectivity index (χ0v) is 19.0. The molecule has 0 spiro atoms. The summed E-state index contributed by atoms with van der Waals surface area (Å²) >= 11 is 0. The Labute approximate surface area is 176 Å². The van der Waals surface area contributed by atoms with Crippen molar-refractivity contribution in [2.75, 3.05) is 13.2 Å². The highest BCUT2D eigenvalue weighted by Crippen LogP contribution is 2.32. The number of nitrogens with zero attached hydrogens (tertiary/aromatic N) is 1. The Kier molecular flexibility index (Phi) is 10.4. The first-order chi connectivity index (χ1) is 13.6. The molecular weight excluding hydrogens is 370 g/mol. The van der Waals surface area contributed by atoms with Crippen molar-refractivity contribution in [2.24, 2.45) is 17.3 Å². The number of rotatable bonds is 11. The molecular formula is C23H39NO5. The molecule has 6 nitrogen and oxygen atoms in total. The van der Waals surface area contributed by atoms with Crippen LogP contribution in [0.15, 0.2) is 12.2 Å². The first-order valence-corrected chi connectivity index (χ1v) is 10.9. The lowest BCUT2D eigenvalue weighted by atomic mass is 9.85. The van der Waals surface area contributed by atoms with Crippen molar-refractivity contribution in [3.05, 3.63) is 12.2 Å². The maximum absolute atomic E-state index is 13.0. The molecule has 1 saturated heterocycles. The van der Waals surface area contributed by atoms with Gasteiger partial charge in [-0.2, -0.15) is 0 Å². The van der Waals surface area contributed by atoms with E-state index >= 15 is 0 Å². The Balaban J connectivity index is 2.71. The van der Waals surface area contributed by atoms with Crippen molar-refractivity contribution in [1.29, 1.82) is 0 Å². The second kappa shape index (κ2) is 12.0. The monoisotopic (exact) mass is 409 g/mol. The highest BCUT2D eigenvalue weighted by Gasteiger charge is 2.44. The van der Waals surface area contributed by atoms with Crippen molar-refractivity contribution in [1.82, 2.24) is 4.90 Å². The highest BCUT2D eigenvalue weighted by atomic mass is 16.6. The molecule has 0 N–H and O–H groups in total. The molecule has 1 aliphatic heterocycles. The van der Waals surface area contributed by atoms with E-state index < -0.39 is 6.09 Å². The largest absolute Gasteiger partial charge is 0.463 e. The van der Waals surface area contributed by atoms with Crippen LogP contribution >= 0.6 is 0 Å². The van der Waals surface area contributed by atoms with Crippen LogP contribution in [0.2, 0.25) is 0 Å². The quantitative estimate of drug-likeness (QED) is 0.350. The van der Waals surface area contributed by atoms with E-state index in [9.17, 15) is 14.4 Å². The van der Waals surface area contributed by atoms with Crippen LogP contribution < -0.4 is 0 Å². The van der Waals surface area contributed by atoms with Gasteiger partial charge in [0, 0.05) is 12.5 Å². The average molecular weight is 410 g/mol. The summed E-state index contributed by atoms with van der Waals surface area (Å²) < 4.78 is 10.1. The fourth-order valence-electron chi connectivity index (χ4n) is 3.73.